The number of hydrogen-bond donors (Lipinski definition) is 2. The first kappa shape index (κ1) is 19.8. The predicted octanol–water partition coefficient (Wildman–Crippen LogP) is 2.12. The molecular formula is C18H29IN6. The zero-order valence-corrected chi connectivity index (χ0v) is 17.4. The standard InChI is InChI=1S/C18H28N6.HI/c1-23(15-7-8-15)17(19)21-11-13-3-5-14(6-4-13)12-22-18(20)24(2)16-9-10-16;/h3-6,15-16H,7-12H2,1-2H3,(H2,19,21)(H2,20,22);1H. The third-order valence-corrected chi connectivity index (χ3v) is 4.78. The minimum atomic E-state index is 0. The third-order valence-electron chi connectivity index (χ3n) is 4.78. The average Bonchev–Trinajstić information content (AvgIpc) is 3.49. The van der Waals surface area contributed by atoms with Gasteiger partial charge in [-0.25, -0.2) is 9.98 Å². The van der Waals surface area contributed by atoms with E-state index in [0.29, 0.717) is 37.1 Å². The van der Waals surface area contributed by atoms with Crippen LogP contribution in [0.2, 0.25) is 0 Å². The number of guanidine groups is 2. The van der Waals surface area contributed by atoms with Gasteiger partial charge in [-0.2, -0.15) is 0 Å². The monoisotopic (exact) mass is 456 g/mol. The summed E-state index contributed by atoms with van der Waals surface area (Å²) in [6.45, 7) is 1.22. The van der Waals surface area contributed by atoms with Crippen LogP contribution in [0.4, 0.5) is 0 Å². The molecule has 0 radical (unpaired) electrons. The van der Waals surface area contributed by atoms with Crippen molar-refractivity contribution >= 4 is 35.9 Å². The molecule has 0 saturated heterocycles. The molecule has 0 atom stereocenters. The zero-order chi connectivity index (χ0) is 17.1. The Morgan fingerprint density at radius 2 is 1.16 bits per heavy atom. The number of nitrogens with zero attached hydrogens (tertiary/aromatic N) is 4. The molecule has 2 aliphatic carbocycles. The van der Waals surface area contributed by atoms with E-state index in [4.69, 9.17) is 11.5 Å². The van der Waals surface area contributed by atoms with Crippen molar-refractivity contribution in [3.8, 4) is 0 Å². The van der Waals surface area contributed by atoms with Crippen molar-refractivity contribution < 1.29 is 0 Å². The first-order chi connectivity index (χ1) is 11.5. The molecule has 7 heteroatoms. The quantitative estimate of drug-likeness (QED) is 0.390. The predicted molar refractivity (Wildman–Crippen MR) is 114 cm³/mol. The Hall–Kier alpha value is -1.51. The Labute approximate surface area is 167 Å². The molecule has 0 unspecified atom stereocenters. The summed E-state index contributed by atoms with van der Waals surface area (Å²) in [5, 5.41) is 0. The van der Waals surface area contributed by atoms with E-state index in [2.05, 4.69) is 44.1 Å². The highest BCUT2D eigenvalue weighted by atomic mass is 127. The smallest absolute Gasteiger partial charge is 0.191 e. The SMILES string of the molecule is CN(C(N)=NCc1ccc(CN=C(N)N(C)C2CC2)cc1)C1CC1.I. The van der Waals surface area contributed by atoms with E-state index in [1.54, 1.807) is 0 Å². The van der Waals surface area contributed by atoms with Gasteiger partial charge in [-0.05, 0) is 36.8 Å². The normalized spacial score (nSPS) is 17.8. The van der Waals surface area contributed by atoms with Crippen LogP contribution in [0.3, 0.4) is 0 Å². The van der Waals surface area contributed by atoms with Crippen LogP contribution in [-0.4, -0.2) is 47.9 Å². The van der Waals surface area contributed by atoms with E-state index in [0.717, 1.165) is 11.1 Å². The van der Waals surface area contributed by atoms with Gasteiger partial charge in [0.2, 0.25) is 0 Å². The van der Waals surface area contributed by atoms with Crippen LogP contribution in [0.1, 0.15) is 36.8 Å². The number of rotatable bonds is 6. The number of aliphatic imine (C=N–C) groups is 2. The molecule has 1 aromatic rings. The Bertz CT molecular complexity index is 564. The highest BCUT2D eigenvalue weighted by Crippen LogP contribution is 2.25. The van der Waals surface area contributed by atoms with Gasteiger partial charge in [-0.15, -0.1) is 24.0 Å². The lowest BCUT2D eigenvalue weighted by molar-refractivity contribution is 0.487. The van der Waals surface area contributed by atoms with Gasteiger partial charge in [0.1, 0.15) is 0 Å². The molecule has 0 bridgehead atoms. The van der Waals surface area contributed by atoms with Crippen LogP contribution in [0.25, 0.3) is 0 Å². The first-order valence-corrected chi connectivity index (χ1v) is 8.68. The summed E-state index contributed by atoms with van der Waals surface area (Å²) in [6.07, 6.45) is 4.89. The lowest BCUT2D eigenvalue weighted by atomic mass is 10.1. The second-order valence-electron chi connectivity index (χ2n) is 6.85. The van der Waals surface area contributed by atoms with Crippen molar-refractivity contribution in [2.75, 3.05) is 14.1 Å². The Morgan fingerprint density at radius 3 is 1.44 bits per heavy atom. The van der Waals surface area contributed by atoms with E-state index >= 15 is 0 Å². The fourth-order valence-corrected chi connectivity index (χ4v) is 2.62. The molecule has 0 heterocycles. The van der Waals surface area contributed by atoms with Crippen LogP contribution in [-0.2, 0) is 13.1 Å². The van der Waals surface area contributed by atoms with E-state index in [9.17, 15) is 0 Å². The number of hydrogen-bond acceptors (Lipinski definition) is 2. The summed E-state index contributed by atoms with van der Waals surface area (Å²) in [6, 6.07) is 9.51. The number of halogens is 1. The summed E-state index contributed by atoms with van der Waals surface area (Å²) in [5.41, 5.74) is 14.3. The van der Waals surface area contributed by atoms with Crippen LogP contribution < -0.4 is 11.5 Å². The molecule has 2 aliphatic rings. The molecule has 0 aliphatic heterocycles. The molecular weight excluding hydrogens is 427 g/mol. The van der Waals surface area contributed by atoms with Crippen molar-refractivity contribution in [3.63, 3.8) is 0 Å². The minimum absolute atomic E-state index is 0. The average molecular weight is 456 g/mol. The van der Waals surface area contributed by atoms with Gasteiger partial charge in [-0.1, -0.05) is 24.3 Å². The molecule has 138 valence electrons. The molecule has 4 N–H and O–H groups in total. The molecule has 2 fully saturated rings. The van der Waals surface area contributed by atoms with Crippen LogP contribution in [0.15, 0.2) is 34.3 Å². The van der Waals surface area contributed by atoms with Crippen LogP contribution >= 0.6 is 24.0 Å². The lowest BCUT2D eigenvalue weighted by Crippen LogP contribution is -2.35. The van der Waals surface area contributed by atoms with Gasteiger partial charge in [0.15, 0.2) is 11.9 Å². The molecule has 2 saturated carbocycles. The Morgan fingerprint density at radius 1 is 0.840 bits per heavy atom. The van der Waals surface area contributed by atoms with E-state index in [1.165, 1.54) is 25.7 Å². The van der Waals surface area contributed by atoms with Gasteiger partial charge < -0.3 is 21.3 Å². The molecule has 25 heavy (non-hydrogen) atoms. The molecule has 0 amide bonds. The van der Waals surface area contributed by atoms with Gasteiger partial charge in [0.25, 0.3) is 0 Å². The van der Waals surface area contributed by atoms with Crippen LogP contribution in [0, 0.1) is 0 Å². The summed E-state index contributed by atoms with van der Waals surface area (Å²) in [5.74, 6) is 1.25. The second-order valence-corrected chi connectivity index (χ2v) is 6.85. The van der Waals surface area contributed by atoms with E-state index in [1.807, 2.05) is 14.1 Å². The highest BCUT2D eigenvalue weighted by molar-refractivity contribution is 14.0. The highest BCUT2D eigenvalue weighted by Gasteiger charge is 2.27. The molecule has 3 rings (SSSR count). The summed E-state index contributed by atoms with van der Waals surface area (Å²) in [4.78, 5) is 13.1. The minimum Gasteiger partial charge on any atom is -0.370 e. The fraction of sp³-hybridized carbons (Fsp3) is 0.556. The number of nitrogens with two attached hydrogens (primary N) is 2. The van der Waals surface area contributed by atoms with Gasteiger partial charge >= 0.3 is 0 Å². The number of benzene rings is 1. The van der Waals surface area contributed by atoms with E-state index in [-0.39, 0.29) is 24.0 Å². The van der Waals surface area contributed by atoms with Crippen molar-refractivity contribution in [2.24, 2.45) is 21.5 Å². The summed E-state index contributed by atoms with van der Waals surface area (Å²) in [7, 11) is 4.03. The van der Waals surface area contributed by atoms with Crippen molar-refractivity contribution in [1.29, 1.82) is 0 Å². The fourth-order valence-electron chi connectivity index (χ4n) is 2.62. The summed E-state index contributed by atoms with van der Waals surface area (Å²) >= 11 is 0. The summed E-state index contributed by atoms with van der Waals surface area (Å²) < 4.78 is 0. The lowest BCUT2D eigenvalue weighted by Gasteiger charge is -2.17. The van der Waals surface area contributed by atoms with Gasteiger partial charge in [0, 0.05) is 26.2 Å². The Balaban J connectivity index is 0.00000225. The molecule has 6 nitrogen and oxygen atoms in total. The molecule has 1 aromatic carbocycles. The maximum atomic E-state index is 6.01. The van der Waals surface area contributed by atoms with Crippen LogP contribution in [0.5, 0.6) is 0 Å². The second kappa shape index (κ2) is 8.73. The van der Waals surface area contributed by atoms with Crippen molar-refractivity contribution in [3.05, 3.63) is 35.4 Å². The zero-order valence-electron chi connectivity index (χ0n) is 15.1. The third kappa shape index (κ3) is 5.76. The molecule has 0 spiro atoms. The van der Waals surface area contributed by atoms with E-state index < -0.39 is 0 Å². The largest absolute Gasteiger partial charge is 0.370 e. The molecule has 0 aromatic heterocycles. The van der Waals surface area contributed by atoms with Gasteiger partial charge in [-0.3, -0.25) is 0 Å². The maximum absolute atomic E-state index is 6.01. The Kier molecular flexibility index (Phi) is 6.92. The maximum Gasteiger partial charge on any atom is 0.191 e. The van der Waals surface area contributed by atoms with Crippen molar-refractivity contribution in [1.82, 2.24) is 9.80 Å². The van der Waals surface area contributed by atoms with Crippen molar-refractivity contribution in [2.45, 2.75) is 50.9 Å². The first-order valence-electron chi connectivity index (χ1n) is 8.68. The topological polar surface area (TPSA) is 83.2 Å². The van der Waals surface area contributed by atoms with Gasteiger partial charge in [0.05, 0.1) is 13.1 Å².